The van der Waals surface area contributed by atoms with E-state index >= 15 is 0 Å². The highest BCUT2D eigenvalue weighted by molar-refractivity contribution is 6.03. The maximum Gasteiger partial charge on any atom is 0.328 e. The Morgan fingerprint density at radius 3 is 2.81 bits per heavy atom. The molecule has 1 aliphatic heterocycles. The fourth-order valence-electron chi connectivity index (χ4n) is 2.72. The van der Waals surface area contributed by atoms with Crippen LogP contribution in [0.1, 0.15) is 42.4 Å². The van der Waals surface area contributed by atoms with Gasteiger partial charge in [0.15, 0.2) is 12.4 Å². The molecule has 1 aliphatic rings. The summed E-state index contributed by atoms with van der Waals surface area (Å²) in [5, 5.41) is 6.27. The van der Waals surface area contributed by atoms with E-state index in [9.17, 15) is 9.59 Å². The molecule has 1 N–H and O–H groups in total. The van der Waals surface area contributed by atoms with E-state index in [1.807, 2.05) is 11.8 Å². The molecule has 1 aromatic carbocycles. The maximum absolute atomic E-state index is 12.3. The molecule has 0 unspecified atom stereocenters. The van der Waals surface area contributed by atoms with Gasteiger partial charge in [-0.05, 0) is 37.5 Å². The van der Waals surface area contributed by atoms with Crippen molar-refractivity contribution in [2.45, 2.75) is 32.6 Å². The summed E-state index contributed by atoms with van der Waals surface area (Å²) >= 11 is 0. The Morgan fingerprint density at radius 1 is 1.27 bits per heavy atom. The van der Waals surface area contributed by atoms with Crippen LogP contribution in [-0.2, 0) is 11.2 Å². The summed E-state index contributed by atoms with van der Waals surface area (Å²) in [7, 11) is 0. The standard InChI is InChI=1S/C18H22N4O4/c1-2-15-19-18(26-21-15)20-17(24)13-7-6-8-14(11-13)25-12-16(23)22-9-4-3-5-10-22/h6-8,11H,2-5,9-10,12H2,1H3,(H,19,20,21,24). The zero-order valence-electron chi connectivity index (χ0n) is 14.7. The maximum atomic E-state index is 12.3. The van der Waals surface area contributed by atoms with Gasteiger partial charge in [0.25, 0.3) is 11.8 Å². The van der Waals surface area contributed by atoms with E-state index in [0.29, 0.717) is 23.6 Å². The molecule has 2 amide bonds. The molecular weight excluding hydrogens is 336 g/mol. The first kappa shape index (κ1) is 17.9. The van der Waals surface area contributed by atoms with Crippen molar-refractivity contribution in [3.05, 3.63) is 35.7 Å². The molecule has 0 bridgehead atoms. The summed E-state index contributed by atoms with van der Waals surface area (Å²) in [5.74, 6) is 0.568. The van der Waals surface area contributed by atoms with Crippen LogP contribution < -0.4 is 10.1 Å². The first-order valence-corrected chi connectivity index (χ1v) is 8.80. The number of aromatic nitrogens is 2. The van der Waals surface area contributed by atoms with Crippen molar-refractivity contribution in [1.29, 1.82) is 0 Å². The molecule has 0 atom stereocenters. The Kier molecular flexibility index (Phi) is 5.83. The highest BCUT2D eigenvalue weighted by Gasteiger charge is 2.17. The fourth-order valence-corrected chi connectivity index (χ4v) is 2.72. The van der Waals surface area contributed by atoms with Crippen LogP contribution in [0, 0.1) is 0 Å². The minimum Gasteiger partial charge on any atom is -0.484 e. The summed E-state index contributed by atoms with van der Waals surface area (Å²) in [6, 6.07) is 6.68. The van der Waals surface area contributed by atoms with Crippen LogP contribution >= 0.6 is 0 Å². The van der Waals surface area contributed by atoms with Gasteiger partial charge in [-0.1, -0.05) is 18.1 Å². The van der Waals surface area contributed by atoms with Crippen LogP contribution in [-0.4, -0.2) is 46.6 Å². The van der Waals surface area contributed by atoms with Crippen molar-refractivity contribution in [2.24, 2.45) is 0 Å². The number of piperidine rings is 1. The molecule has 3 rings (SSSR count). The van der Waals surface area contributed by atoms with Crippen LogP contribution in [0.5, 0.6) is 5.75 Å². The number of anilines is 1. The van der Waals surface area contributed by atoms with Crippen LogP contribution in [0.25, 0.3) is 0 Å². The molecule has 0 spiro atoms. The molecule has 1 fully saturated rings. The van der Waals surface area contributed by atoms with E-state index in [-0.39, 0.29) is 24.4 Å². The number of amides is 2. The first-order valence-electron chi connectivity index (χ1n) is 8.80. The molecule has 26 heavy (non-hydrogen) atoms. The highest BCUT2D eigenvalue weighted by Crippen LogP contribution is 2.16. The van der Waals surface area contributed by atoms with Gasteiger partial charge in [0, 0.05) is 25.1 Å². The highest BCUT2D eigenvalue weighted by atomic mass is 16.5. The topological polar surface area (TPSA) is 97.6 Å². The summed E-state index contributed by atoms with van der Waals surface area (Å²) in [6.45, 7) is 3.43. The molecule has 8 heteroatoms. The third-order valence-corrected chi connectivity index (χ3v) is 4.17. The SMILES string of the molecule is CCc1noc(NC(=O)c2cccc(OCC(=O)N3CCCCC3)c2)n1. The summed E-state index contributed by atoms with van der Waals surface area (Å²) < 4.78 is 10.5. The lowest BCUT2D eigenvalue weighted by molar-refractivity contribution is -0.134. The number of hydrogen-bond acceptors (Lipinski definition) is 6. The second-order valence-corrected chi connectivity index (χ2v) is 6.08. The van der Waals surface area contributed by atoms with Gasteiger partial charge in [0.1, 0.15) is 5.75 Å². The Labute approximate surface area is 151 Å². The number of carbonyl (C=O) groups excluding carboxylic acids is 2. The van der Waals surface area contributed by atoms with Crippen molar-refractivity contribution < 1.29 is 18.8 Å². The largest absolute Gasteiger partial charge is 0.484 e. The molecule has 1 aromatic heterocycles. The van der Waals surface area contributed by atoms with Crippen LogP contribution in [0.15, 0.2) is 28.8 Å². The zero-order valence-corrected chi connectivity index (χ0v) is 14.7. The fraction of sp³-hybridized carbons (Fsp3) is 0.444. The number of carbonyl (C=O) groups is 2. The van der Waals surface area contributed by atoms with Gasteiger partial charge in [0.05, 0.1) is 0 Å². The summed E-state index contributed by atoms with van der Waals surface area (Å²) in [5.41, 5.74) is 0.379. The Morgan fingerprint density at radius 2 is 2.08 bits per heavy atom. The van der Waals surface area contributed by atoms with E-state index in [1.54, 1.807) is 24.3 Å². The van der Waals surface area contributed by atoms with Crippen LogP contribution in [0.4, 0.5) is 6.01 Å². The molecule has 2 aromatic rings. The number of hydrogen-bond donors (Lipinski definition) is 1. The average Bonchev–Trinajstić information content (AvgIpc) is 3.14. The number of benzene rings is 1. The minimum atomic E-state index is -0.385. The average molecular weight is 358 g/mol. The van der Waals surface area contributed by atoms with Gasteiger partial charge in [-0.15, -0.1) is 0 Å². The first-order chi connectivity index (χ1) is 12.7. The van der Waals surface area contributed by atoms with Gasteiger partial charge in [0.2, 0.25) is 0 Å². The molecular formula is C18H22N4O4. The summed E-state index contributed by atoms with van der Waals surface area (Å²) in [6.07, 6.45) is 3.86. The van der Waals surface area contributed by atoms with Gasteiger partial charge in [-0.3, -0.25) is 14.9 Å². The van der Waals surface area contributed by atoms with Gasteiger partial charge < -0.3 is 14.2 Å². The normalized spacial score (nSPS) is 14.1. The predicted molar refractivity (Wildman–Crippen MR) is 94.0 cm³/mol. The molecule has 1 saturated heterocycles. The van der Waals surface area contributed by atoms with Crippen molar-refractivity contribution in [1.82, 2.24) is 15.0 Å². The lowest BCUT2D eigenvalue weighted by Crippen LogP contribution is -2.38. The summed E-state index contributed by atoms with van der Waals surface area (Å²) in [4.78, 5) is 30.3. The van der Waals surface area contributed by atoms with Crippen molar-refractivity contribution in [3.8, 4) is 5.75 Å². The molecule has 138 valence electrons. The Bertz CT molecular complexity index is 768. The quantitative estimate of drug-likeness (QED) is 0.851. The molecule has 0 aliphatic carbocycles. The monoisotopic (exact) mass is 358 g/mol. The second-order valence-electron chi connectivity index (χ2n) is 6.08. The Hall–Kier alpha value is -2.90. The Balaban J connectivity index is 1.56. The predicted octanol–water partition coefficient (Wildman–Crippen LogP) is 2.28. The van der Waals surface area contributed by atoms with Crippen molar-refractivity contribution >= 4 is 17.8 Å². The number of ether oxygens (including phenoxy) is 1. The van der Waals surface area contributed by atoms with Crippen LogP contribution in [0.3, 0.4) is 0 Å². The van der Waals surface area contributed by atoms with Gasteiger partial charge in [-0.25, -0.2) is 0 Å². The number of likely N-dealkylation sites (tertiary alicyclic amines) is 1. The minimum absolute atomic E-state index is 0.0301. The number of rotatable bonds is 6. The van der Waals surface area contributed by atoms with Crippen molar-refractivity contribution in [2.75, 3.05) is 25.0 Å². The van der Waals surface area contributed by atoms with E-state index in [4.69, 9.17) is 9.26 Å². The number of nitrogens with zero attached hydrogens (tertiary/aromatic N) is 3. The van der Waals surface area contributed by atoms with Gasteiger partial charge in [-0.2, -0.15) is 4.98 Å². The van der Waals surface area contributed by atoms with Crippen LogP contribution in [0.2, 0.25) is 0 Å². The smallest absolute Gasteiger partial charge is 0.328 e. The number of nitrogens with one attached hydrogen (secondary N) is 1. The molecule has 0 radical (unpaired) electrons. The lowest BCUT2D eigenvalue weighted by atomic mass is 10.1. The molecule has 0 saturated carbocycles. The third-order valence-electron chi connectivity index (χ3n) is 4.17. The lowest BCUT2D eigenvalue weighted by Gasteiger charge is -2.26. The third kappa shape index (κ3) is 4.59. The van der Waals surface area contributed by atoms with E-state index in [0.717, 1.165) is 25.9 Å². The number of aryl methyl sites for hydroxylation is 1. The second kappa shape index (κ2) is 8.46. The van der Waals surface area contributed by atoms with E-state index < -0.39 is 0 Å². The molecule has 2 heterocycles. The van der Waals surface area contributed by atoms with Gasteiger partial charge >= 0.3 is 6.01 Å². The van der Waals surface area contributed by atoms with Crippen molar-refractivity contribution in [3.63, 3.8) is 0 Å². The van der Waals surface area contributed by atoms with E-state index in [2.05, 4.69) is 15.5 Å². The molecule has 8 nitrogen and oxygen atoms in total. The van der Waals surface area contributed by atoms with E-state index in [1.165, 1.54) is 6.42 Å². The zero-order chi connectivity index (χ0) is 18.4.